The first-order valence-corrected chi connectivity index (χ1v) is 6.95. The van der Waals surface area contributed by atoms with Crippen molar-refractivity contribution < 1.29 is 9.59 Å². The van der Waals surface area contributed by atoms with E-state index in [1.165, 1.54) is 0 Å². The predicted molar refractivity (Wildman–Crippen MR) is 88.1 cm³/mol. The maximum atomic E-state index is 12.5. The Morgan fingerprint density at radius 3 is 2.45 bits per heavy atom. The average Bonchev–Trinajstić information content (AvgIpc) is 2.59. The Bertz CT molecular complexity index is 680. The first kappa shape index (κ1) is 15.5. The second-order valence-electron chi connectivity index (χ2n) is 4.78. The number of benzene rings is 2. The first-order chi connectivity index (χ1) is 10.6. The summed E-state index contributed by atoms with van der Waals surface area (Å²) in [5, 5.41) is 2.69. The number of nitrogens with zero attached hydrogens (tertiary/aromatic N) is 1. The average molecular weight is 294 g/mol. The molecule has 0 unspecified atom stereocenters. The van der Waals surface area contributed by atoms with Gasteiger partial charge in [-0.1, -0.05) is 30.3 Å². The Hall–Kier alpha value is -2.88. The van der Waals surface area contributed by atoms with Crippen LogP contribution in [-0.4, -0.2) is 25.4 Å². The summed E-state index contributed by atoms with van der Waals surface area (Å²) in [5.41, 5.74) is 1.72. The molecule has 0 aliphatic heterocycles. The first-order valence-electron chi connectivity index (χ1n) is 6.95. The van der Waals surface area contributed by atoms with E-state index in [1.807, 2.05) is 30.3 Å². The van der Waals surface area contributed by atoms with Gasteiger partial charge in [0.15, 0.2) is 0 Å². The Balaban J connectivity index is 2.20. The summed E-state index contributed by atoms with van der Waals surface area (Å²) < 4.78 is 0. The van der Waals surface area contributed by atoms with E-state index in [-0.39, 0.29) is 11.8 Å². The minimum atomic E-state index is -0.225. The van der Waals surface area contributed by atoms with Crippen LogP contribution in [0, 0.1) is 0 Å². The molecule has 0 aliphatic rings. The van der Waals surface area contributed by atoms with Crippen LogP contribution in [0.5, 0.6) is 0 Å². The maximum Gasteiger partial charge on any atom is 0.258 e. The molecular formula is C18H18N2O2. The SMILES string of the molecule is C=CCNC(=O)c1cccc(C(=O)N(C)c2ccccc2)c1. The third kappa shape index (κ3) is 3.61. The second-order valence-corrected chi connectivity index (χ2v) is 4.78. The van der Waals surface area contributed by atoms with Crippen LogP contribution in [0.4, 0.5) is 5.69 Å². The highest BCUT2D eigenvalue weighted by atomic mass is 16.2. The monoisotopic (exact) mass is 294 g/mol. The summed E-state index contributed by atoms with van der Waals surface area (Å²) in [5.74, 6) is -0.388. The molecule has 0 atom stereocenters. The van der Waals surface area contributed by atoms with Gasteiger partial charge in [-0.05, 0) is 30.3 Å². The zero-order valence-electron chi connectivity index (χ0n) is 12.5. The van der Waals surface area contributed by atoms with Crippen molar-refractivity contribution in [1.82, 2.24) is 5.32 Å². The van der Waals surface area contributed by atoms with Gasteiger partial charge in [-0.2, -0.15) is 0 Å². The van der Waals surface area contributed by atoms with Crippen molar-refractivity contribution in [2.45, 2.75) is 0 Å². The van der Waals surface area contributed by atoms with Gasteiger partial charge in [-0.15, -0.1) is 6.58 Å². The highest BCUT2D eigenvalue weighted by Gasteiger charge is 2.15. The zero-order valence-corrected chi connectivity index (χ0v) is 12.5. The van der Waals surface area contributed by atoms with Crippen LogP contribution in [0.25, 0.3) is 0 Å². The van der Waals surface area contributed by atoms with Crippen molar-refractivity contribution in [3.8, 4) is 0 Å². The number of nitrogens with one attached hydrogen (secondary N) is 1. The summed E-state index contributed by atoms with van der Waals surface area (Å²) in [4.78, 5) is 26.0. The molecular weight excluding hydrogens is 276 g/mol. The molecule has 0 radical (unpaired) electrons. The molecule has 0 heterocycles. The van der Waals surface area contributed by atoms with Gasteiger partial charge in [0.05, 0.1) is 0 Å². The van der Waals surface area contributed by atoms with Crippen molar-refractivity contribution in [3.63, 3.8) is 0 Å². The van der Waals surface area contributed by atoms with Crippen LogP contribution < -0.4 is 10.2 Å². The van der Waals surface area contributed by atoms with E-state index in [4.69, 9.17) is 0 Å². The van der Waals surface area contributed by atoms with Crippen molar-refractivity contribution >= 4 is 17.5 Å². The lowest BCUT2D eigenvalue weighted by atomic mass is 10.1. The van der Waals surface area contributed by atoms with E-state index >= 15 is 0 Å². The molecule has 2 aromatic carbocycles. The molecule has 0 aromatic heterocycles. The van der Waals surface area contributed by atoms with Gasteiger partial charge < -0.3 is 10.2 Å². The minimum absolute atomic E-state index is 0.162. The summed E-state index contributed by atoms with van der Waals surface area (Å²) >= 11 is 0. The summed E-state index contributed by atoms with van der Waals surface area (Å²) in [6.07, 6.45) is 1.61. The number of amides is 2. The van der Waals surface area contributed by atoms with Gasteiger partial charge >= 0.3 is 0 Å². The summed E-state index contributed by atoms with van der Waals surface area (Å²) in [6.45, 7) is 3.94. The van der Waals surface area contributed by atoms with E-state index < -0.39 is 0 Å². The summed E-state index contributed by atoms with van der Waals surface area (Å²) in [6, 6.07) is 16.0. The molecule has 4 heteroatoms. The Kier molecular flexibility index (Phi) is 5.09. The van der Waals surface area contributed by atoms with Crippen LogP contribution >= 0.6 is 0 Å². The molecule has 0 aliphatic carbocycles. The quantitative estimate of drug-likeness (QED) is 0.862. The molecule has 0 saturated heterocycles. The lowest BCUT2D eigenvalue weighted by Crippen LogP contribution is -2.27. The highest BCUT2D eigenvalue weighted by Crippen LogP contribution is 2.15. The fraction of sp³-hybridized carbons (Fsp3) is 0.111. The van der Waals surface area contributed by atoms with Gasteiger partial charge in [-0.25, -0.2) is 0 Å². The molecule has 0 bridgehead atoms. The fourth-order valence-electron chi connectivity index (χ4n) is 2.02. The van der Waals surface area contributed by atoms with Crippen molar-refractivity contribution in [1.29, 1.82) is 0 Å². The van der Waals surface area contributed by atoms with E-state index in [0.717, 1.165) is 5.69 Å². The number of carbonyl (C=O) groups is 2. The predicted octanol–water partition coefficient (Wildman–Crippen LogP) is 2.88. The molecule has 0 fully saturated rings. The second kappa shape index (κ2) is 7.22. The number of rotatable bonds is 5. The molecule has 2 aromatic rings. The van der Waals surface area contributed by atoms with Gasteiger partial charge in [0.25, 0.3) is 11.8 Å². The van der Waals surface area contributed by atoms with E-state index in [9.17, 15) is 9.59 Å². The molecule has 22 heavy (non-hydrogen) atoms. The Morgan fingerprint density at radius 1 is 1.09 bits per heavy atom. The van der Waals surface area contributed by atoms with Crippen LogP contribution in [0.1, 0.15) is 20.7 Å². The number of carbonyl (C=O) groups excluding carboxylic acids is 2. The third-order valence-corrected chi connectivity index (χ3v) is 3.23. The zero-order chi connectivity index (χ0) is 15.9. The van der Waals surface area contributed by atoms with E-state index in [2.05, 4.69) is 11.9 Å². The van der Waals surface area contributed by atoms with Crippen LogP contribution in [0.15, 0.2) is 67.3 Å². The fourth-order valence-corrected chi connectivity index (χ4v) is 2.02. The number of hydrogen-bond acceptors (Lipinski definition) is 2. The van der Waals surface area contributed by atoms with E-state index in [0.29, 0.717) is 17.7 Å². The molecule has 0 spiro atoms. The van der Waals surface area contributed by atoms with Gasteiger partial charge in [0.1, 0.15) is 0 Å². The number of anilines is 1. The number of para-hydroxylation sites is 1. The number of hydrogen-bond donors (Lipinski definition) is 1. The lowest BCUT2D eigenvalue weighted by molar-refractivity contribution is 0.0958. The molecule has 2 amide bonds. The summed E-state index contributed by atoms with van der Waals surface area (Å²) in [7, 11) is 1.71. The molecule has 4 nitrogen and oxygen atoms in total. The van der Waals surface area contributed by atoms with Crippen LogP contribution in [0.3, 0.4) is 0 Å². The van der Waals surface area contributed by atoms with E-state index in [1.54, 1.807) is 42.3 Å². The Morgan fingerprint density at radius 2 is 1.77 bits per heavy atom. The van der Waals surface area contributed by atoms with Crippen molar-refractivity contribution in [2.75, 3.05) is 18.5 Å². The third-order valence-electron chi connectivity index (χ3n) is 3.23. The van der Waals surface area contributed by atoms with Crippen molar-refractivity contribution in [2.24, 2.45) is 0 Å². The smallest absolute Gasteiger partial charge is 0.258 e. The standard InChI is InChI=1S/C18H18N2O2/c1-3-12-19-17(21)14-8-7-9-15(13-14)18(22)20(2)16-10-5-4-6-11-16/h3-11,13H,1,12H2,2H3,(H,19,21). The molecule has 0 saturated carbocycles. The molecule has 112 valence electrons. The maximum absolute atomic E-state index is 12.5. The van der Waals surface area contributed by atoms with Crippen molar-refractivity contribution in [3.05, 3.63) is 78.4 Å². The molecule has 2 rings (SSSR count). The van der Waals surface area contributed by atoms with Gasteiger partial charge in [-0.3, -0.25) is 9.59 Å². The lowest BCUT2D eigenvalue weighted by Gasteiger charge is -2.17. The normalized spacial score (nSPS) is 9.86. The van der Waals surface area contributed by atoms with Gasteiger partial charge in [0, 0.05) is 30.4 Å². The molecule has 1 N–H and O–H groups in total. The Labute approximate surface area is 130 Å². The highest BCUT2D eigenvalue weighted by molar-refractivity contribution is 6.07. The van der Waals surface area contributed by atoms with Crippen LogP contribution in [-0.2, 0) is 0 Å². The van der Waals surface area contributed by atoms with Crippen LogP contribution in [0.2, 0.25) is 0 Å². The minimum Gasteiger partial charge on any atom is -0.349 e. The topological polar surface area (TPSA) is 49.4 Å². The van der Waals surface area contributed by atoms with Gasteiger partial charge in [0.2, 0.25) is 0 Å². The largest absolute Gasteiger partial charge is 0.349 e.